The third-order valence-electron chi connectivity index (χ3n) is 6.72. The number of amides is 1. The Morgan fingerprint density at radius 3 is 2.40 bits per heavy atom. The minimum Gasteiger partial charge on any atom is -0.399 e. The normalized spacial score (nSPS) is 36.6. The molecule has 4 bridgehead atoms. The molecular weight excluding hydrogens is 336 g/mol. The molecule has 5 rings (SSSR count). The maximum absolute atomic E-state index is 12.5. The first kappa shape index (κ1) is 18.5. The van der Waals surface area contributed by atoms with Gasteiger partial charge in [0.05, 0.1) is 12.0 Å². The van der Waals surface area contributed by atoms with Crippen LogP contribution in [0.2, 0.25) is 0 Å². The van der Waals surface area contributed by atoms with Crippen LogP contribution in [0.4, 0.5) is 5.69 Å². The average Bonchev–Trinajstić information content (AvgIpc) is 2.47. The van der Waals surface area contributed by atoms with Gasteiger partial charge in [-0.15, -0.1) is 12.4 Å². The second-order valence-electron chi connectivity index (χ2n) is 8.76. The highest BCUT2D eigenvalue weighted by Crippen LogP contribution is 2.62. The lowest BCUT2D eigenvalue weighted by atomic mass is 9.46. The van der Waals surface area contributed by atoms with Gasteiger partial charge in [0.25, 0.3) is 0 Å². The van der Waals surface area contributed by atoms with E-state index in [4.69, 9.17) is 5.73 Å². The lowest BCUT2D eigenvalue weighted by molar-refractivity contribution is -0.173. The van der Waals surface area contributed by atoms with Crippen molar-refractivity contribution in [3.8, 4) is 0 Å². The number of anilines is 1. The first-order chi connectivity index (χ1) is 11.4. The summed E-state index contributed by atoms with van der Waals surface area (Å²) < 4.78 is 0. The van der Waals surface area contributed by atoms with Crippen LogP contribution < -0.4 is 11.1 Å². The molecule has 3 unspecified atom stereocenters. The summed E-state index contributed by atoms with van der Waals surface area (Å²) in [6.45, 7) is 2.14. The summed E-state index contributed by atoms with van der Waals surface area (Å²) >= 11 is 0. The summed E-state index contributed by atoms with van der Waals surface area (Å²) in [5.41, 5.74) is 7.02. The number of halogens is 1. The van der Waals surface area contributed by atoms with Crippen LogP contribution in [0.3, 0.4) is 0 Å². The maximum Gasteiger partial charge on any atom is 0.224 e. The molecule has 5 heteroatoms. The average molecular weight is 365 g/mol. The summed E-state index contributed by atoms with van der Waals surface area (Å²) in [4.78, 5) is 12.5. The molecular formula is C20H29ClN2O2. The standard InChI is InChI=1S/C20H28N2O2.ClH/c1-13(22-18(23)7-14-2-4-17(21)5-3-14)19-8-15-6-16(9-19)11-20(24,10-15)12-19;/h2-5,13,15-16,24H,6-12,21H2,1H3,(H,22,23);1H. The fraction of sp³-hybridized carbons (Fsp3) is 0.650. The number of nitrogens with one attached hydrogen (secondary N) is 1. The summed E-state index contributed by atoms with van der Waals surface area (Å²) in [5, 5.41) is 14.1. The number of nitrogen functional groups attached to an aromatic ring is 1. The molecule has 25 heavy (non-hydrogen) atoms. The highest BCUT2D eigenvalue weighted by molar-refractivity contribution is 5.85. The van der Waals surface area contributed by atoms with Crippen LogP contribution >= 0.6 is 12.4 Å². The van der Waals surface area contributed by atoms with Crippen molar-refractivity contribution in [3.05, 3.63) is 29.8 Å². The van der Waals surface area contributed by atoms with Crippen molar-refractivity contribution in [2.75, 3.05) is 5.73 Å². The molecule has 0 radical (unpaired) electrons. The van der Waals surface area contributed by atoms with Crippen molar-refractivity contribution < 1.29 is 9.90 Å². The highest BCUT2D eigenvalue weighted by Gasteiger charge is 2.58. The van der Waals surface area contributed by atoms with Crippen molar-refractivity contribution in [1.82, 2.24) is 5.32 Å². The molecule has 4 N–H and O–H groups in total. The van der Waals surface area contributed by atoms with E-state index in [2.05, 4.69) is 12.2 Å². The SMILES string of the molecule is CC(NC(=O)Cc1ccc(N)cc1)C12CC3CC(CC(O)(C3)C1)C2.Cl. The van der Waals surface area contributed by atoms with Crippen LogP contribution in [0.1, 0.15) is 51.0 Å². The van der Waals surface area contributed by atoms with E-state index in [-0.39, 0.29) is 29.8 Å². The van der Waals surface area contributed by atoms with Crippen LogP contribution in [-0.2, 0) is 11.2 Å². The molecule has 1 aromatic carbocycles. The van der Waals surface area contributed by atoms with Gasteiger partial charge in [-0.1, -0.05) is 12.1 Å². The van der Waals surface area contributed by atoms with Crippen molar-refractivity contribution in [1.29, 1.82) is 0 Å². The fourth-order valence-electron chi connectivity index (χ4n) is 6.06. The van der Waals surface area contributed by atoms with Crippen LogP contribution in [0.15, 0.2) is 24.3 Å². The number of hydrogen-bond acceptors (Lipinski definition) is 3. The topological polar surface area (TPSA) is 75.4 Å². The summed E-state index contributed by atoms with van der Waals surface area (Å²) in [7, 11) is 0. The summed E-state index contributed by atoms with van der Waals surface area (Å²) in [6.07, 6.45) is 6.78. The van der Waals surface area contributed by atoms with Crippen LogP contribution in [0.5, 0.6) is 0 Å². The fourth-order valence-corrected chi connectivity index (χ4v) is 6.06. The van der Waals surface area contributed by atoms with E-state index < -0.39 is 5.60 Å². The number of aliphatic hydroxyl groups is 1. The summed E-state index contributed by atoms with van der Waals surface area (Å²) in [6, 6.07) is 7.61. The largest absolute Gasteiger partial charge is 0.399 e. The quantitative estimate of drug-likeness (QED) is 0.719. The number of benzene rings is 1. The van der Waals surface area contributed by atoms with Crippen LogP contribution in [-0.4, -0.2) is 22.7 Å². The van der Waals surface area contributed by atoms with E-state index in [1.54, 1.807) is 0 Å². The molecule has 0 aliphatic heterocycles. The molecule has 4 nitrogen and oxygen atoms in total. The van der Waals surface area contributed by atoms with Gasteiger partial charge in [-0.2, -0.15) is 0 Å². The Balaban J connectivity index is 0.00000182. The minimum atomic E-state index is -0.472. The lowest BCUT2D eigenvalue weighted by Crippen LogP contribution is -2.61. The first-order valence-electron chi connectivity index (χ1n) is 9.22. The molecule has 4 fully saturated rings. The van der Waals surface area contributed by atoms with E-state index in [1.165, 1.54) is 6.42 Å². The van der Waals surface area contributed by atoms with Crippen molar-refractivity contribution in [3.63, 3.8) is 0 Å². The molecule has 1 aromatic rings. The third kappa shape index (κ3) is 3.52. The minimum absolute atomic E-state index is 0. The van der Waals surface area contributed by atoms with Gasteiger partial charge < -0.3 is 16.2 Å². The Hall–Kier alpha value is -1.26. The van der Waals surface area contributed by atoms with Crippen LogP contribution in [0.25, 0.3) is 0 Å². The van der Waals surface area contributed by atoms with E-state index >= 15 is 0 Å². The number of nitrogens with two attached hydrogens (primary N) is 1. The van der Waals surface area contributed by atoms with E-state index in [1.807, 2.05) is 24.3 Å². The van der Waals surface area contributed by atoms with E-state index in [9.17, 15) is 9.90 Å². The Bertz CT molecular complexity index is 632. The monoisotopic (exact) mass is 364 g/mol. The molecule has 0 aromatic heterocycles. The Labute approximate surface area is 156 Å². The number of rotatable bonds is 4. The molecule has 0 spiro atoms. The van der Waals surface area contributed by atoms with Crippen molar-refractivity contribution in [2.24, 2.45) is 17.3 Å². The number of carbonyl (C=O) groups is 1. The Kier molecular flexibility index (Phi) is 4.80. The molecule has 4 saturated carbocycles. The Morgan fingerprint density at radius 1 is 1.24 bits per heavy atom. The lowest BCUT2D eigenvalue weighted by Gasteiger charge is -2.62. The second-order valence-corrected chi connectivity index (χ2v) is 8.76. The number of carbonyl (C=O) groups excluding carboxylic acids is 1. The maximum atomic E-state index is 12.5. The summed E-state index contributed by atoms with van der Waals surface area (Å²) in [5.74, 6) is 1.36. The van der Waals surface area contributed by atoms with Crippen LogP contribution in [0, 0.1) is 17.3 Å². The molecule has 4 aliphatic carbocycles. The zero-order valence-corrected chi connectivity index (χ0v) is 15.6. The molecule has 1 amide bonds. The van der Waals surface area contributed by atoms with Gasteiger partial charge in [0, 0.05) is 11.7 Å². The first-order valence-corrected chi connectivity index (χ1v) is 9.22. The van der Waals surface area contributed by atoms with Gasteiger partial charge in [0.2, 0.25) is 5.91 Å². The van der Waals surface area contributed by atoms with Gasteiger partial charge >= 0.3 is 0 Å². The molecule has 3 atom stereocenters. The van der Waals surface area contributed by atoms with Crippen molar-refractivity contribution >= 4 is 24.0 Å². The van der Waals surface area contributed by atoms with Gasteiger partial charge in [0.1, 0.15) is 0 Å². The second kappa shape index (κ2) is 6.48. The van der Waals surface area contributed by atoms with Gasteiger partial charge in [-0.25, -0.2) is 0 Å². The molecule has 0 saturated heterocycles. The zero-order valence-electron chi connectivity index (χ0n) is 14.8. The highest BCUT2D eigenvalue weighted by atomic mass is 35.5. The van der Waals surface area contributed by atoms with Gasteiger partial charge in [-0.05, 0) is 80.4 Å². The molecule has 4 aliphatic rings. The van der Waals surface area contributed by atoms with E-state index in [0.29, 0.717) is 23.9 Å². The van der Waals surface area contributed by atoms with E-state index in [0.717, 1.165) is 37.7 Å². The molecule has 0 heterocycles. The predicted molar refractivity (Wildman–Crippen MR) is 101 cm³/mol. The third-order valence-corrected chi connectivity index (χ3v) is 6.72. The number of hydrogen-bond donors (Lipinski definition) is 3. The van der Waals surface area contributed by atoms with Gasteiger partial charge in [-0.3, -0.25) is 4.79 Å². The zero-order chi connectivity index (χ0) is 16.9. The Morgan fingerprint density at radius 2 is 1.84 bits per heavy atom. The molecule has 138 valence electrons. The van der Waals surface area contributed by atoms with Crippen molar-refractivity contribution in [2.45, 2.75) is 63.5 Å². The smallest absolute Gasteiger partial charge is 0.224 e. The predicted octanol–water partition coefficient (Wildman–Crippen LogP) is 3.07. The van der Waals surface area contributed by atoms with Gasteiger partial charge in [0.15, 0.2) is 0 Å².